The van der Waals surface area contributed by atoms with E-state index in [0.717, 1.165) is 34.6 Å². The van der Waals surface area contributed by atoms with Crippen LogP contribution >= 0.6 is 11.3 Å². The van der Waals surface area contributed by atoms with Crippen LogP contribution in [0.5, 0.6) is 0 Å². The first-order valence-corrected chi connectivity index (χ1v) is 11.3. The average molecular weight is 441 g/mol. The van der Waals surface area contributed by atoms with Crippen molar-refractivity contribution in [2.45, 2.75) is 39.5 Å². The van der Waals surface area contributed by atoms with Crippen LogP contribution in [0.4, 0.5) is 5.00 Å². The summed E-state index contributed by atoms with van der Waals surface area (Å²) in [6.45, 7) is 4.16. The average Bonchev–Trinajstić information content (AvgIpc) is 3.21. The number of carbonyl (C=O) groups is 4. The zero-order valence-corrected chi connectivity index (χ0v) is 18.3. The summed E-state index contributed by atoms with van der Waals surface area (Å²) in [7, 11) is 0. The van der Waals surface area contributed by atoms with Crippen LogP contribution in [0.25, 0.3) is 0 Å². The topological polar surface area (TPSA) is 92.8 Å². The van der Waals surface area contributed by atoms with Crippen molar-refractivity contribution < 1.29 is 23.9 Å². The molecule has 2 aliphatic rings. The number of nitrogens with one attached hydrogen (secondary N) is 1. The van der Waals surface area contributed by atoms with Crippen molar-refractivity contribution in [1.82, 2.24) is 4.90 Å². The number of hydrogen-bond donors (Lipinski definition) is 1. The lowest BCUT2D eigenvalue weighted by atomic mass is 9.88. The first kappa shape index (κ1) is 21.2. The van der Waals surface area contributed by atoms with E-state index in [1.807, 2.05) is 0 Å². The number of amides is 3. The number of nitrogens with zero attached hydrogens (tertiary/aromatic N) is 1. The Kier molecular flexibility index (Phi) is 5.91. The third-order valence-electron chi connectivity index (χ3n) is 5.68. The molecule has 1 aromatic carbocycles. The van der Waals surface area contributed by atoms with Crippen molar-refractivity contribution in [2.75, 3.05) is 18.5 Å². The predicted octanol–water partition coefficient (Wildman–Crippen LogP) is 3.67. The highest BCUT2D eigenvalue weighted by molar-refractivity contribution is 7.17. The predicted molar refractivity (Wildman–Crippen MR) is 117 cm³/mol. The molecule has 4 rings (SSSR count). The van der Waals surface area contributed by atoms with Gasteiger partial charge in [0.1, 0.15) is 5.00 Å². The Morgan fingerprint density at radius 3 is 2.52 bits per heavy atom. The summed E-state index contributed by atoms with van der Waals surface area (Å²) in [5.41, 5.74) is 2.13. The highest BCUT2D eigenvalue weighted by Crippen LogP contribution is 2.40. The van der Waals surface area contributed by atoms with Crippen molar-refractivity contribution in [3.8, 4) is 0 Å². The minimum atomic E-state index is -0.426. The highest BCUT2D eigenvalue weighted by Gasteiger charge is 2.35. The fourth-order valence-electron chi connectivity index (χ4n) is 4.10. The molecule has 1 aliphatic heterocycles. The van der Waals surface area contributed by atoms with Crippen LogP contribution in [0, 0.1) is 5.92 Å². The fourth-order valence-corrected chi connectivity index (χ4v) is 5.52. The zero-order chi connectivity index (χ0) is 22.1. The largest absolute Gasteiger partial charge is 0.462 e. The summed E-state index contributed by atoms with van der Waals surface area (Å²) in [6, 6.07) is 6.63. The summed E-state index contributed by atoms with van der Waals surface area (Å²) in [6.07, 6.45) is 2.60. The zero-order valence-electron chi connectivity index (χ0n) is 17.5. The summed E-state index contributed by atoms with van der Waals surface area (Å²) >= 11 is 1.42. The maximum Gasteiger partial charge on any atom is 0.341 e. The van der Waals surface area contributed by atoms with Gasteiger partial charge in [0.2, 0.25) is 5.91 Å². The fraction of sp³-hybridized carbons (Fsp3) is 0.391. The van der Waals surface area contributed by atoms with Crippen molar-refractivity contribution in [2.24, 2.45) is 5.92 Å². The lowest BCUT2D eigenvalue weighted by Gasteiger charge is -2.18. The molecule has 8 heteroatoms. The number of thiophene rings is 1. The standard InChI is InChI=1S/C23H24N2O5S/c1-3-30-23(29)19-16-9-8-13(2)12-17(16)31-20(19)24-18(26)10-11-25-21(27)14-6-4-5-7-15(14)22(25)28/h4-7,13H,3,8-12H2,1-2H3,(H,24,26)/t13-/m0/s1. The van der Waals surface area contributed by atoms with E-state index in [1.54, 1.807) is 31.2 Å². The molecule has 1 aromatic heterocycles. The van der Waals surface area contributed by atoms with E-state index in [0.29, 0.717) is 27.6 Å². The van der Waals surface area contributed by atoms with E-state index >= 15 is 0 Å². The molecule has 162 valence electrons. The van der Waals surface area contributed by atoms with Gasteiger partial charge in [-0.2, -0.15) is 0 Å². The molecule has 2 aromatic rings. The molecule has 0 bridgehead atoms. The number of rotatable bonds is 6. The van der Waals surface area contributed by atoms with Gasteiger partial charge >= 0.3 is 5.97 Å². The summed E-state index contributed by atoms with van der Waals surface area (Å²) in [5, 5.41) is 3.32. The minimum Gasteiger partial charge on any atom is -0.462 e. The number of benzene rings is 1. The Morgan fingerprint density at radius 1 is 1.19 bits per heavy atom. The van der Waals surface area contributed by atoms with Gasteiger partial charge in [0, 0.05) is 17.8 Å². The van der Waals surface area contributed by atoms with Crippen LogP contribution < -0.4 is 5.32 Å². The molecule has 31 heavy (non-hydrogen) atoms. The van der Waals surface area contributed by atoms with Gasteiger partial charge in [-0.15, -0.1) is 11.3 Å². The minimum absolute atomic E-state index is 0.0188. The number of ether oxygens (including phenoxy) is 1. The van der Waals surface area contributed by atoms with Crippen LogP contribution in [-0.4, -0.2) is 41.7 Å². The summed E-state index contributed by atoms with van der Waals surface area (Å²) in [4.78, 5) is 52.4. The first-order valence-electron chi connectivity index (χ1n) is 10.5. The Hall–Kier alpha value is -3.00. The quantitative estimate of drug-likeness (QED) is 0.546. The molecule has 0 fully saturated rings. The van der Waals surface area contributed by atoms with E-state index in [4.69, 9.17) is 4.74 Å². The third kappa shape index (κ3) is 3.99. The smallest absolute Gasteiger partial charge is 0.341 e. The van der Waals surface area contributed by atoms with Crippen LogP contribution in [-0.2, 0) is 22.4 Å². The molecule has 0 spiro atoms. The van der Waals surface area contributed by atoms with Crippen LogP contribution in [0.2, 0.25) is 0 Å². The molecular weight excluding hydrogens is 416 g/mol. The number of fused-ring (bicyclic) bond motifs is 2. The van der Waals surface area contributed by atoms with Crippen LogP contribution in [0.15, 0.2) is 24.3 Å². The molecule has 1 aliphatic carbocycles. The van der Waals surface area contributed by atoms with E-state index in [9.17, 15) is 19.2 Å². The normalized spacial score (nSPS) is 17.4. The second kappa shape index (κ2) is 8.63. The molecule has 2 heterocycles. The Bertz CT molecular complexity index is 1040. The first-order chi connectivity index (χ1) is 14.9. The van der Waals surface area contributed by atoms with Crippen LogP contribution in [0.3, 0.4) is 0 Å². The van der Waals surface area contributed by atoms with Gasteiger partial charge in [-0.25, -0.2) is 4.79 Å². The Balaban J connectivity index is 1.47. The molecule has 0 radical (unpaired) electrons. The molecular formula is C23H24N2O5S. The van der Waals surface area contributed by atoms with Gasteiger partial charge in [0.05, 0.1) is 23.3 Å². The molecule has 0 unspecified atom stereocenters. The van der Waals surface area contributed by atoms with E-state index in [2.05, 4.69) is 12.2 Å². The molecule has 1 N–H and O–H groups in total. The van der Waals surface area contributed by atoms with Gasteiger partial charge in [0.15, 0.2) is 0 Å². The lowest BCUT2D eigenvalue weighted by molar-refractivity contribution is -0.116. The number of carbonyl (C=O) groups excluding carboxylic acids is 4. The molecule has 3 amide bonds. The molecule has 7 nitrogen and oxygen atoms in total. The van der Waals surface area contributed by atoms with Crippen molar-refractivity contribution in [1.29, 1.82) is 0 Å². The van der Waals surface area contributed by atoms with Gasteiger partial charge in [-0.3, -0.25) is 19.3 Å². The number of imide groups is 1. The Morgan fingerprint density at radius 2 is 1.87 bits per heavy atom. The van der Waals surface area contributed by atoms with E-state index in [1.165, 1.54) is 11.3 Å². The van der Waals surface area contributed by atoms with Gasteiger partial charge in [0.25, 0.3) is 11.8 Å². The highest BCUT2D eigenvalue weighted by atomic mass is 32.1. The maximum atomic E-state index is 12.7. The number of hydrogen-bond acceptors (Lipinski definition) is 6. The summed E-state index contributed by atoms with van der Waals surface area (Å²) < 4.78 is 5.23. The maximum absolute atomic E-state index is 12.7. The second-order valence-corrected chi connectivity index (χ2v) is 8.99. The van der Waals surface area contributed by atoms with Crippen molar-refractivity contribution in [3.63, 3.8) is 0 Å². The lowest BCUT2D eigenvalue weighted by Crippen LogP contribution is -2.33. The SMILES string of the molecule is CCOC(=O)c1c(NC(=O)CCN2C(=O)c3ccccc3C2=O)sc2c1CC[C@H](C)C2. The van der Waals surface area contributed by atoms with Gasteiger partial charge in [-0.1, -0.05) is 19.1 Å². The van der Waals surface area contributed by atoms with Gasteiger partial charge in [-0.05, 0) is 49.8 Å². The Labute approximate surface area is 184 Å². The molecule has 0 saturated carbocycles. The van der Waals surface area contributed by atoms with E-state index < -0.39 is 5.97 Å². The summed E-state index contributed by atoms with van der Waals surface area (Å²) in [5.74, 6) is -1.03. The van der Waals surface area contributed by atoms with Crippen LogP contribution in [0.1, 0.15) is 68.2 Å². The van der Waals surface area contributed by atoms with Crippen molar-refractivity contribution in [3.05, 3.63) is 51.4 Å². The monoisotopic (exact) mass is 440 g/mol. The molecule has 1 atom stereocenters. The van der Waals surface area contributed by atoms with E-state index in [-0.39, 0.29) is 37.3 Å². The number of anilines is 1. The molecule has 0 saturated heterocycles. The number of esters is 1. The second-order valence-electron chi connectivity index (χ2n) is 7.88. The third-order valence-corrected chi connectivity index (χ3v) is 6.85. The van der Waals surface area contributed by atoms with Gasteiger partial charge < -0.3 is 10.1 Å². The van der Waals surface area contributed by atoms with Crippen molar-refractivity contribution >= 4 is 40.0 Å².